The predicted octanol–water partition coefficient (Wildman–Crippen LogP) is 3.52. The molecule has 1 fully saturated rings. The van der Waals surface area contributed by atoms with Crippen LogP contribution in [0.2, 0.25) is 0 Å². The number of hydrogen-bond acceptors (Lipinski definition) is 2. The summed E-state index contributed by atoms with van der Waals surface area (Å²) < 4.78 is 11.2. The number of unbranched alkanes of at least 4 members (excludes halogenated alkanes) is 1. The standard InChI is InChI=1S/C13H24O2/c1-3-4-5-8-12(2)11-15-13-9-6-7-10-14-13/h3,12-13H,1,4-11H2,2H3/t12-,13?/m0/s1. The Balaban J connectivity index is 1.99. The van der Waals surface area contributed by atoms with Crippen LogP contribution in [0, 0.1) is 5.92 Å². The van der Waals surface area contributed by atoms with Crippen LogP contribution in [-0.2, 0) is 9.47 Å². The average molecular weight is 212 g/mol. The Labute approximate surface area is 93.7 Å². The second-order valence-corrected chi connectivity index (χ2v) is 4.45. The van der Waals surface area contributed by atoms with Crippen molar-refractivity contribution in [2.24, 2.45) is 5.92 Å². The lowest BCUT2D eigenvalue weighted by Gasteiger charge is -2.24. The summed E-state index contributed by atoms with van der Waals surface area (Å²) in [6.07, 6.45) is 9.12. The van der Waals surface area contributed by atoms with Gasteiger partial charge in [-0.1, -0.05) is 13.0 Å². The molecule has 0 aliphatic carbocycles. The largest absolute Gasteiger partial charge is 0.353 e. The summed E-state index contributed by atoms with van der Waals surface area (Å²) in [6, 6.07) is 0. The van der Waals surface area contributed by atoms with Crippen LogP contribution < -0.4 is 0 Å². The Morgan fingerprint density at radius 1 is 1.53 bits per heavy atom. The van der Waals surface area contributed by atoms with E-state index in [-0.39, 0.29) is 6.29 Å². The third kappa shape index (κ3) is 5.95. The van der Waals surface area contributed by atoms with Crippen molar-refractivity contribution in [3.63, 3.8) is 0 Å². The number of rotatable bonds is 7. The molecule has 0 aromatic heterocycles. The van der Waals surface area contributed by atoms with Crippen molar-refractivity contribution < 1.29 is 9.47 Å². The average Bonchev–Trinajstić information content (AvgIpc) is 2.28. The monoisotopic (exact) mass is 212 g/mol. The van der Waals surface area contributed by atoms with Gasteiger partial charge in [-0.3, -0.25) is 0 Å². The van der Waals surface area contributed by atoms with Crippen LogP contribution in [-0.4, -0.2) is 19.5 Å². The first-order chi connectivity index (χ1) is 7.33. The van der Waals surface area contributed by atoms with Gasteiger partial charge in [-0.15, -0.1) is 6.58 Å². The fraction of sp³-hybridized carbons (Fsp3) is 0.846. The van der Waals surface area contributed by atoms with Crippen LogP contribution in [0.15, 0.2) is 12.7 Å². The van der Waals surface area contributed by atoms with E-state index in [9.17, 15) is 0 Å². The molecule has 1 rings (SSSR count). The molecule has 1 aliphatic heterocycles. The molecule has 2 nitrogen and oxygen atoms in total. The van der Waals surface area contributed by atoms with E-state index in [4.69, 9.17) is 9.47 Å². The highest BCUT2D eigenvalue weighted by atomic mass is 16.7. The summed E-state index contributed by atoms with van der Waals surface area (Å²) in [4.78, 5) is 0. The molecule has 0 N–H and O–H groups in total. The van der Waals surface area contributed by atoms with E-state index in [1.54, 1.807) is 0 Å². The van der Waals surface area contributed by atoms with E-state index in [0.717, 1.165) is 26.1 Å². The molecule has 0 bridgehead atoms. The maximum Gasteiger partial charge on any atom is 0.157 e. The molecule has 0 amide bonds. The number of ether oxygens (including phenoxy) is 2. The summed E-state index contributed by atoms with van der Waals surface area (Å²) in [5.74, 6) is 0.635. The Hall–Kier alpha value is -0.340. The van der Waals surface area contributed by atoms with E-state index in [1.165, 1.54) is 25.7 Å². The van der Waals surface area contributed by atoms with Gasteiger partial charge >= 0.3 is 0 Å². The minimum Gasteiger partial charge on any atom is -0.353 e. The quantitative estimate of drug-likeness (QED) is 0.475. The highest BCUT2D eigenvalue weighted by molar-refractivity contribution is 4.66. The molecule has 2 atom stereocenters. The van der Waals surface area contributed by atoms with Gasteiger partial charge in [0.1, 0.15) is 0 Å². The maximum absolute atomic E-state index is 5.73. The van der Waals surface area contributed by atoms with Crippen molar-refractivity contribution in [3.8, 4) is 0 Å². The van der Waals surface area contributed by atoms with Crippen molar-refractivity contribution in [1.82, 2.24) is 0 Å². The fourth-order valence-electron chi connectivity index (χ4n) is 1.81. The van der Waals surface area contributed by atoms with E-state index < -0.39 is 0 Å². The van der Waals surface area contributed by atoms with Gasteiger partial charge in [-0.25, -0.2) is 0 Å². The molecule has 2 heteroatoms. The van der Waals surface area contributed by atoms with Crippen molar-refractivity contribution >= 4 is 0 Å². The lowest BCUT2D eigenvalue weighted by Crippen LogP contribution is -2.24. The zero-order valence-electron chi connectivity index (χ0n) is 9.91. The van der Waals surface area contributed by atoms with Gasteiger partial charge in [0.25, 0.3) is 0 Å². The van der Waals surface area contributed by atoms with Crippen LogP contribution in [0.4, 0.5) is 0 Å². The first-order valence-electron chi connectivity index (χ1n) is 6.17. The molecule has 0 aromatic carbocycles. The minimum atomic E-state index is 0.0700. The van der Waals surface area contributed by atoms with Gasteiger partial charge in [0.05, 0.1) is 6.61 Å². The molecule has 88 valence electrons. The first kappa shape index (κ1) is 12.7. The van der Waals surface area contributed by atoms with Crippen LogP contribution in [0.5, 0.6) is 0 Å². The highest BCUT2D eigenvalue weighted by Gasteiger charge is 2.14. The Morgan fingerprint density at radius 2 is 2.40 bits per heavy atom. The summed E-state index contributed by atoms with van der Waals surface area (Å²) >= 11 is 0. The van der Waals surface area contributed by atoms with Gasteiger partial charge in [0, 0.05) is 6.61 Å². The molecule has 0 saturated carbocycles. The van der Waals surface area contributed by atoms with E-state index in [2.05, 4.69) is 13.5 Å². The molecular weight excluding hydrogens is 188 g/mol. The Bertz CT molecular complexity index is 162. The third-order valence-corrected chi connectivity index (χ3v) is 2.81. The normalized spacial score (nSPS) is 23.7. The van der Waals surface area contributed by atoms with Crippen molar-refractivity contribution in [1.29, 1.82) is 0 Å². The molecule has 1 aliphatic rings. The van der Waals surface area contributed by atoms with Gasteiger partial charge < -0.3 is 9.47 Å². The molecular formula is C13H24O2. The van der Waals surface area contributed by atoms with Gasteiger partial charge in [-0.05, 0) is 44.4 Å². The van der Waals surface area contributed by atoms with Gasteiger partial charge in [0.15, 0.2) is 6.29 Å². The van der Waals surface area contributed by atoms with Crippen LogP contribution in [0.1, 0.15) is 45.4 Å². The maximum atomic E-state index is 5.73. The predicted molar refractivity (Wildman–Crippen MR) is 62.8 cm³/mol. The van der Waals surface area contributed by atoms with Crippen LogP contribution in [0.25, 0.3) is 0 Å². The Morgan fingerprint density at radius 3 is 3.07 bits per heavy atom. The van der Waals surface area contributed by atoms with Crippen molar-refractivity contribution in [2.45, 2.75) is 51.7 Å². The lowest BCUT2D eigenvalue weighted by molar-refractivity contribution is -0.168. The second-order valence-electron chi connectivity index (χ2n) is 4.45. The minimum absolute atomic E-state index is 0.0700. The summed E-state index contributed by atoms with van der Waals surface area (Å²) in [5, 5.41) is 0. The zero-order valence-corrected chi connectivity index (χ0v) is 9.91. The van der Waals surface area contributed by atoms with E-state index in [0.29, 0.717) is 5.92 Å². The summed E-state index contributed by atoms with van der Waals surface area (Å²) in [5.41, 5.74) is 0. The smallest absolute Gasteiger partial charge is 0.157 e. The molecule has 1 heterocycles. The van der Waals surface area contributed by atoms with E-state index >= 15 is 0 Å². The molecule has 0 spiro atoms. The molecule has 1 saturated heterocycles. The summed E-state index contributed by atoms with van der Waals surface area (Å²) in [6.45, 7) is 7.67. The SMILES string of the molecule is C=CCCC[C@H](C)COC1CCCCO1. The topological polar surface area (TPSA) is 18.5 Å². The van der Waals surface area contributed by atoms with Gasteiger partial charge in [0.2, 0.25) is 0 Å². The second kappa shape index (κ2) is 7.89. The van der Waals surface area contributed by atoms with Crippen molar-refractivity contribution in [3.05, 3.63) is 12.7 Å². The summed E-state index contributed by atoms with van der Waals surface area (Å²) in [7, 11) is 0. The van der Waals surface area contributed by atoms with Crippen molar-refractivity contribution in [2.75, 3.05) is 13.2 Å². The van der Waals surface area contributed by atoms with Crippen LogP contribution in [0.3, 0.4) is 0 Å². The fourth-order valence-corrected chi connectivity index (χ4v) is 1.81. The third-order valence-electron chi connectivity index (χ3n) is 2.81. The molecule has 1 unspecified atom stereocenters. The molecule has 15 heavy (non-hydrogen) atoms. The first-order valence-corrected chi connectivity index (χ1v) is 6.17. The zero-order chi connectivity index (χ0) is 10.9. The molecule has 0 radical (unpaired) electrons. The molecule has 0 aromatic rings. The van der Waals surface area contributed by atoms with E-state index in [1.807, 2.05) is 6.08 Å². The Kier molecular flexibility index (Phi) is 6.69. The lowest BCUT2D eigenvalue weighted by atomic mass is 10.1. The number of hydrogen-bond donors (Lipinski definition) is 0. The number of allylic oxidation sites excluding steroid dienone is 1. The van der Waals surface area contributed by atoms with Gasteiger partial charge in [-0.2, -0.15) is 0 Å². The van der Waals surface area contributed by atoms with Crippen LogP contribution >= 0.6 is 0 Å². The highest BCUT2D eigenvalue weighted by Crippen LogP contribution is 2.16.